The molecule has 0 saturated heterocycles. The van der Waals surface area contributed by atoms with Gasteiger partial charge in [-0.15, -0.1) is 5.01 Å². The zero-order valence-electron chi connectivity index (χ0n) is 67.2. The summed E-state index contributed by atoms with van der Waals surface area (Å²) in [6.45, 7) is 0. The normalized spacial score (nSPS) is 13.4. The number of urea groups is 1. The number of fused-ring (bicyclic) bond motifs is 6. The minimum absolute atomic E-state index is 0. The van der Waals surface area contributed by atoms with Gasteiger partial charge in [-0.05, 0) is 135 Å². The van der Waals surface area contributed by atoms with Crippen LogP contribution in [0.5, 0.6) is 11.8 Å². The molecule has 19 rings (SSSR count). The largest absolute Gasteiger partial charge is 1.00 e. The van der Waals surface area contributed by atoms with E-state index in [0.29, 0.717) is 98.0 Å². The van der Waals surface area contributed by atoms with Crippen LogP contribution < -0.4 is 209 Å². The Kier molecular flexibility index (Phi) is 27.7. The molecule has 0 saturated carbocycles. The number of H-pyrrole nitrogens is 2. The van der Waals surface area contributed by atoms with Crippen LogP contribution in [0.3, 0.4) is 0 Å². The zero-order valence-corrected chi connectivity index (χ0v) is 76.6. The van der Waals surface area contributed by atoms with Crippen LogP contribution in [0.4, 0.5) is 9.59 Å². The Morgan fingerprint density at radius 3 is 1.46 bits per heavy atom. The molecular weight excluding hydrogens is 1670 g/mol. The summed E-state index contributed by atoms with van der Waals surface area (Å²) in [5.41, 5.74) is 18.2. The molecule has 1 aliphatic carbocycles. The van der Waals surface area contributed by atoms with E-state index in [4.69, 9.17) is 11.5 Å². The van der Waals surface area contributed by atoms with Crippen LogP contribution in [0.2, 0.25) is 0 Å². The first kappa shape index (κ1) is 89.3. The number of hydrogen-bond donors (Lipinski definition) is 6. The number of aromatic nitrogens is 11. The summed E-state index contributed by atoms with van der Waals surface area (Å²) in [5.74, 6) is -1.63. The predicted molar refractivity (Wildman–Crippen MR) is 470 cm³/mol. The number of carbonyl (C=O) groups excluding carboxylic acids is 4. The molecule has 4 amide bonds. The summed E-state index contributed by atoms with van der Waals surface area (Å²) in [5, 5.41) is 48.3. The molecule has 27 nitrogen and oxygen atoms in total. The van der Waals surface area contributed by atoms with E-state index in [1.54, 1.807) is 225 Å². The first-order valence-corrected chi connectivity index (χ1v) is 38.0. The van der Waals surface area contributed by atoms with Crippen molar-refractivity contribution in [3.8, 4) is 23.0 Å². The van der Waals surface area contributed by atoms with Crippen molar-refractivity contribution in [3.05, 3.63) is 422 Å². The number of benzene rings is 9. The van der Waals surface area contributed by atoms with Gasteiger partial charge >= 0.3 is 166 Å². The van der Waals surface area contributed by atoms with Gasteiger partial charge in [-0.25, -0.2) is 28.4 Å². The van der Waals surface area contributed by atoms with Gasteiger partial charge in [-0.2, -0.15) is 14.9 Å². The number of rotatable bonds is 14. The quantitative estimate of drug-likeness (QED) is 0.0518. The van der Waals surface area contributed by atoms with Crippen LogP contribution in [0.1, 0.15) is 49.3 Å². The molecule has 9 heterocycles. The Morgan fingerprint density at radius 2 is 0.913 bits per heavy atom. The van der Waals surface area contributed by atoms with Gasteiger partial charge in [0.15, 0.2) is 16.6 Å². The molecule has 126 heavy (non-hydrogen) atoms. The van der Waals surface area contributed by atoms with Crippen LogP contribution >= 0.6 is 0 Å². The van der Waals surface area contributed by atoms with E-state index in [2.05, 4.69) is 45.1 Å². The molecule has 30 heteroatoms. The Morgan fingerprint density at radius 1 is 0.452 bits per heavy atom. The van der Waals surface area contributed by atoms with Crippen LogP contribution in [-0.2, 0) is 4.79 Å². The number of allylic oxidation sites excluding steroid dienone is 12. The molecule has 0 atom stereocenters. The van der Waals surface area contributed by atoms with E-state index >= 15 is 0 Å². The molecule has 1 aliphatic heterocycles. The molecule has 8 N–H and O–H groups in total. The SMILES string of the molecule is NC(=O)N1N=C(c2ccccc2)/C(=C/C=C(/C=C/c2c(-c3ccccc3)nn(C(N)=O)c2[O-])c2ccncc2)C1=O.O=C1C(/C=C/C(=C/C=c2c(=O)c3cccc4cccc(c2=O)c43)c2ccncc2)=C(O)c2cccc3cccc1c23.O=c1[nH]c2nc3ccccc3n2c(O)c1/C=C/C(=C/C=c1\c(=O)[nH]c2nc3ccccc3n2c1=O)c1ccncc1.[K+].[K+].[K+]. The van der Waals surface area contributed by atoms with Crippen molar-refractivity contribution < 1.29 is 189 Å². The number of nitrogens with one attached hydrogen (secondary N) is 2. The maximum atomic E-state index is 13.5. The van der Waals surface area contributed by atoms with Gasteiger partial charge in [0, 0.05) is 92.4 Å². The summed E-state index contributed by atoms with van der Waals surface area (Å²) in [7, 11) is 0. The number of aliphatic hydroxyl groups is 1. The Bertz CT molecular complexity index is 7960. The zero-order chi connectivity index (χ0) is 85.1. The fourth-order valence-electron chi connectivity index (χ4n) is 14.7. The number of nitrogens with two attached hydrogens (primary N) is 2. The van der Waals surface area contributed by atoms with Crippen LogP contribution in [-0.4, -0.2) is 98.2 Å². The Labute approximate surface area is 839 Å². The number of amides is 4. The number of aromatic amines is 2. The van der Waals surface area contributed by atoms with Crippen molar-refractivity contribution in [2.75, 3.05) is 0 Å². The number of nitrogens with zero attached hydrogens (tertiary/aromatic N) is 11. The summed E-state index contributed by atoms with van der Waals surface area (Å²) in [6, 6.07) is 62.6. The van der Waals surface area contributed by atoms with E-state index < -0.39 is 40.5 Å². The van der Waals surface area contributed by atoms with Crippen molar-refractivity contribution in [3.63, 3.8) is 0 Å². The third-order valence-corrected chi connectivity index (χ3v) is 20.6. The fraction of sp³-hybridized carbons (Fsp3) is 0. The monoisotopic (exact) mass is 1730 g/mol. The van der Waals surface area contributed by atoms with E-state index in [1.165, 1.54) is 39.2 Å². The van der Waals surface area contributed by atoms with Gasteiger partial charge in [0.1, 0.15) is 22.3 Å². The molecule has 0 spiro atoms. The maximum Gasteiger partial charge on any atom is 1.00 e. The van der Waals surface area contributed by atoms with Gasteiger partial charge in [0.05, 0.1) is 44.1 Å². The number of carbonyl (C=O) groups is 4. The van der Waals surface area contributed by atoms with Crippen molar-refractivity contribution in [1.29, 1.82) is 0 Å². The number of pyridine rings is 3. The standard InChI is InChI=1S/C36H21NO4.C30H19N7O4.C30H23N7O4.3K/c38-33-25-9-1-5-23-6-2-10-26(31(23)25)34(39)29(33)15-13-21(22-17-19-37-20-18-22)14-16-30-35(40)27-11-3-7-24-8-4-12-28(32(24)27)36(30)41;38-25-19(27(40)36-23-7-3-1-5-21(23)32-29(36)34-25)11-9-17(18-13-15-31-16-14-18)10-12-20-26(39)35-30-33-22-6-2-4-8-24(22)37(30)28(20)41;31-29(40)36-27(38)23(25(34-36)21-7-3-1-4-8-21)13-11-19(20-15-17-33-18-16-20)12-14-24-26(22-9-5-2-6-10-22)35-37(28(24)39)30(32)41;;;/h1-20,38H;1-16,40H,(H,32,34,38)(H,33,35,39);1-18,38H,(H2,31,40)(H2,32,41);;;/q;;;3*+1/p-1/b15-13+,21-14-;11-9+,17-10-,20-12+;13-11+,19-12-,24-14-;;;. The number of primary amides is 2. The number of aromatic hydroxyl groups is 1. The van der Waals surface area contributed by atoms with Crippen LogP contribution in [0.25, 0.3) is 124 Å². The Hall–Kier alpha value is -13.0. The van der Waals surface area contributed by atoms with Gasteiger partial charge in [-0.3, -0.25) is 58.5 Å². The molecule has 0 fully saturated rings. The number of imidazole rings is 2. The van der Waals surface area contributed by atoms with E-state index in [0.717, 1.165) is 21.7 Å². The Balaban J connectivity index is 0.000000152. The van der Waals surface area contributed by atoms with Gasteiger partial charge in [-0.1, -0.05) is 200 Å². The topological polar surface area (TPSA) is 407 Å². The predicted octanol–water partition coefficient (Wildman–Crippen LogP) is 2.73. The van der Waals surface area contributed by atoms with Gasteiger partial charge in [0.2, 0.25) is 17.4 Å². The summed E-state index contributed by atoms with van der Waals surface area (Å²) in [6.07, 6.45) is 28.6. The molecule has 9 aromatic carbocycles. The number of imide groups is 1. The molecule has 0 radical (unpaired) electrons. The first-order valence-electron chi connectivity index (χ1n) is 38.0. The number of aliphatic hydroxyl groups excluding tert-OH is 1. The van der Waals surface area contributed by atoms with Gasteiger partial charge in [0.25, 0.3) is 22.6 Å². The van der Waals surface area contributed by atoms with Crippen LogP contribution in [0, 0.1) is 0 Å². The summed E-state index contributed by atoms with van der Waals surface area (Å²) < 4.78 is 3.44. The molecule has 2 aliphatic rings. The maximum absolute atomic E-state index is 13.5. The van der Waals surface area contributed by atoms with Crippen molar-refractivity contribution in [2.24, 2.45) is 16.6 Å². The number of para-hydroxylation sites is 4. The smallest absolute Gasteiger partial charge is 0.858 e. The minimum atomic E-state index is -1.01. The average molecular weight is 1730 g/mol. The average Bonchev–Trinajstić information content (AvgIpc) is 1.42. The van der Waals surface area contributed by atoms with Crippen molar-refractivity contribution in [2.45, 2.75) is 0 Å². The van der Waals surface area contributed by atoms with Crippen LogP contribution in [0.15, 0.2) is 344 Å². The second-order valence-electron chi connectivity index (χ2n) is 27.9. The summed E-state index contributed by atoms with van der Waals surface area (Å²) >= 11 is 0. The minimum Gasteiger partial charge on any atom is -0.858 e. The number of Topliss-reactive ketones (excluding diaryl/α,β-unsaturated/α-hetero) is 1. The van der Waals surface area contributed by atoms with E-state index in [-0.39, 0.29) is 238 Å². The molecule has 17 aromatic rings. The molecule has 0 bridgehead atoms. The molecule has 0 unspecified atom stereocenters. The number of hydrazone groups is 1. The second-order valence-corrected chi connectivity index (χ2v) is 27.9. The number of hydrogen-bond acceptors (Lipinski definition) is 19. The summed E-state index contributed by atoms with van der Waals surface area (Å²) in [4.78, 5) is 143. The van der Waals surface area contributed by atoms with Crippen molar-refractivity contribution in [1.82, 2.24) is 58.5 Å². The van der Waals surface area contributed by atoms with Gasteiger partial charge < -0.3 is 26.8 Å². The first-order chi connectivity index (χ1) is 59.9. The van der Waals surface area contributed by atoms with E-state index in [1.807, 2.05) is 72.8 Å². The molecular formula is C96H62K3N15O12+2. The molecule has 594 valence electrons. The van der Waals surface area contributed by atoms with E-state index in [9.17, 15) is 58.5 Å². The third-order valence-electron chi connectivity index (χ3n) is 20.6. The fourth-order valence-corrected chi connectivity index (χ4v) is 14.7. The van der Waals surface area contributed by atoms with Crippen molar-refractivity contribution >= 4 is 142 Å². The third kappa shape index (κ3) is 17.8. The second kappa shape index (κ2) is 39.1. The number of ketones is 1. The molecule has 8 aromatic heterocycles.